The SMILES string of the molecule is Cc1noc(C2CCN(C(=O)[C@@](C)(O)CCc3ccccc3)CC2)n1. The van der Waals surface area contributed by atoms with Crippen molar-refractivity contribution in [1.82, 2.24) is 15.0 Å². The molecule has 0 radical (unpaired) electrons. The summed E-state index contributed by atoms with van der Waals surface area (Å²) in [6.45, 7) is 4.63. The number of carbonyl (C=O) groups excluding carboxylic acids is 1. The maximum atomic E-state index is 12.7. The molecule has 2 heterocycles. The van der Waals surface area contributed by atoms with Gasteiger partial charge in [0, 0.05) is 19.0 Å². The number of hydrogen-bond acceptors (Lipinski definition) is 5. The van der Waals surface area contributed by atoms with Crippen molar-refractivity contribution in [3.63, 3.8) is 0 Å². The van der Waals surface area contributed by atoms with Gasteiger partial charge in [-0.25, -0.2) is 0 Å². The van der Waals surface area contributed by atoms with Crippen LogP contribution in [0.15, 0.2) is 34.9 Å². The lowest BCUT2D eigenvalue weighted by Crippen LogP contribution is -2.50. The van der Waals surface area contributed by atoms with Gasteiger partial charge in [0.1, 0.15) is 5.60 Å². The summed E-state index contributed by atoms with van der Waals surface area (Å²) in [5, 5.41) is 14.5. The quantitative estimate of drug-likeness (QED) is 0.902. The van der Waals surface area contributed by atoms with Gasteiger partial charge in [0.25, 0.3) is 5.91 Å². The molecule has 1 fully saturated rings. The maximum absolute atomic E-state index is 12.7. The van der Waals surface area contributed by atoms with Crippen LogP contribution in [0.2, 0.25) is 0 Å². The topological polar surface area (TPSA) is 79.5 Å². The van der Waals surface area contributed by atoms with Crippen molar-refractivity contribution in [2.24, 2.45) is 0 Å². The van der Waals surface area contributed by atoms with Crippen LogP contribution in [0.1, 0.15) is 49.4 Å². The molecular formula is C19H25N3O3. The molecule has 6 nitrogen and oxygen atoms in total. The Morgan fingerprint density at radius 3 is 2.60 bits per heavy atom. The van der Waals surface area contributed by atoms with Crippen molar-refractivity contribution in [2.45, 2.75) is 51.0 Å². The van der Waals surface area contributed by atoms with Crippen LogP contribution in [0.5, 0.6) is 0 Å². The molecule has 0 unspecified atom stereocenters. The summed E-state index contributed by atoms with van der Waals surface area (Å²) in [5.74, 6) is 1.29. The highest BCUT2D eigenvalue weighted by molar-refractivity contribution is 5.84. The molecule has 1 amide bonds. The first kappa shape index (κ1) is 17.6. The molecule has 1 saturated heterocycles. The van der Waals surface area contributed by atoms with E-state index in [4.69, 9.17) is 4.52 Å². The van der Waals surface area contributed by atoms with Gasteiger partial charge in [-0.05, 0) is 45.1 Å². The van der Waals surface area contributed by atoms with Crippen LogP contribution in [0, 0.1) is 6.92 Å². The Morgan fingerprint density at radius 1 is 1.32 bits per heavy atom. The molecule has 6 heteroatoms. The smallest absolute Gasteiger partial charge is 0.254 e. The summed E-state index contributed by atoms with van der Waals surface area (Å²) in [4.78, 5) is 18.8. The fraction of sp³-hybridized carbons (Fsp3) is 0.526. The molecule has 2 aromatic rings. The lowest BCUT2D eigenvalue weighted by atomic mass is 9.92. The monoisotopic (exact) mass is 343 g/mol. The predicted octanol–water partition coefficient (Wildman–Crippen LogP) is 2.47. The van der Waals surface area contributed by atoms with Gasteiger partial charge >= 0.3 is 0 Å². The second-order valence-corrected chi connectivity index (χ2v) is 7.01. The van der Waals surface area contributed by atoms with Crippen LogP contribution in [-0.2, 0) is 11.2 Å². The largest absolute Gasteiger partial charge is 0.380 e. The number of nitrogens with zero attached hydrogens (tertiary/aromatic N) is 3. The summed E-state index contributed by atoms with van der Waals surface area (Å²) in [6, 6.07) is 9.92. The minimum absolute atomic E-state index is 0.191. The number of carbonyl (C=O) groups is 1. The second-order valence-electron chi connectivity index (χ2n) is 7.01. The second kappa shape index (κ2) is 7.35. The maximum Gasteiger partial charge on any atom is 0.254 e. The highest BCUT2D eigenvalue weighted by Gasteiger charge is 2.36. The van der Waals surface area contributed by atoms with E-state index in [0.717, 1.165) is 18.4 Å². The molecule has 0 saturated carbocycles. The van der Waals surface area contributed by atoms with Crippen molar-refractivity contribution in [1.29, 1.82) is 0 Å². The van der Waals surface area contributed by atoms with Crippen LogP contribution in [0.4, 0.5) is 0 Å². The van der Waals surface area contributed by atoms with Crippen LogP contribution in [0.3, 0.4) is 0 Å². The average Bonchev–Trinajstić information content (AvgIpc) is 3.07. The third-order valence-electron chi connectivity index (χ3n) is 4.88. The first-order chi connectivity index (χ1) is 12.0. The van der Waals surface area contributed by atoms with Gasteiger partial charge in [-0.2, -0.15) is 4.98 Å². The summed E-state index contributed by atoms with van der Waals surface area (Å²) in [7, 11) is 0. The molecule has 0 spiro atoms. The molecule has 1 aliphatic heterocycles. The molecule has 1 atom stereocenters. The third kappa shape index (κ3) is 4.25. The Bertz CT molecular complexity index is 704. The van der Waals surface area contributed by atoms with Crippen LogP contribution in [-0.4, -0.2) is 44.7 Å². The summed E-state index contributed by atoms with van der Waals surface area (Å²) >= 11 is 0. The van der Waals surface area contributed by atoms with E-state index in [0.29, 0.717) is 37.6 Å². The molecule has 0 aliphatic carbocycles. The zero-order valence-electron chi connectivity index (χ0n) is 14.8. The Kier molecular flexibility index (Phi) is 5.18. The lowest BCUT2D eigenvalue weighted by molar-refractivity contribution is -0.151. The van der Waals surface area contributed by atoms with Gasteiger partial charge in [0.15, 0.2) is 5.82 Å². The number of aromatic nitrogens is 2. The number of piperidine rings is 1. The number of benzene rings is 1. The lowest BCUT2D eigenvalue weighted by Gasteiger charge is -2.35. The number of aliphatic hydroxyl groups is 1. The fourth-order valence-corrected chi connectivity index (χ4v) is 3.29. The number of amides is 1. The highest BCUT2D eigenvalue weighted by Crippen LogP contribution is 2.28. The zero-order valence-corrected chi connectivity index (χ0v) is 14.8. The number of hydrogen-bond donors (Lipinski definition) is 1. The molecule has 3 rings (SSSR count). The van der Waals surface area contributed by atoms with Gasteiger partial charge in [0.2, 0.25) is 5.89 Å². The van der Waals surface area contributed by atoms with Gasteiger partial charge in [-0.3, -0.25) is 4.79 Å². The average molecular weight is 343 g/mol. The molecule has 1 N–H and O–H groups in total. The summed E-state index contributed by atoms with van der Waals surface area (Å²) in [5.41, 5.74) is -0.218. The van der Waals surface area contributed by atoms with E-state index in [1.54, 1.807) is 18.7 Å². The predicted molar refractivity (Wildman–Crippen MR) is 93.0 cm³/mol. The standard InChI is InChI=1S/C19H25N3O3/c1-14-20-17(25-21-14)16-9-12-22(13-10-16)18(23)19(2,24)11-8-15-6-4-3-5-7-15/h3-7,16,24H,8-13H2,1-2H3/t19-/m0/s1. The first-order valence-electron chi connectivity index (χ1n) is 8.81. The molecule has 25 heavy (non-hydrogen) atoms. The minimum atomic E-state index is -1.34. The molecular weight excluding hydrogens is 318 g/mol. The fourth-order valence-electron chi connectivity index (χ4n) is 3.29. The Morgan fingerprint density at radius 2 is 2.00 bits per heavy atom. The molecule has 0 bridgehead atoms. The summed E-state index contributed by atoms with van der Waals surface area (Å²) in [6.07, 6.45) is 2.65. The number of rotatable bonds is 5. The van der Waals surface area contributed by atoms with Gasteiger partial charge < -0.3 is 14.5 Å². The van der Waals surface area contributed by atoms with Crippen molar-refractivity contribution < 1.29 is 14.4 Å². The van der Waals surface area contributed by atoms with E-state index in [2.05, 4.69) is 10.1 Å². The van der Waals surface area contributed by atoms with Crippen molar-refractivity contribution in [3.05, 3.63) is 47.6 Å². The van der Waals surface area contributed by atoms with E-state index < -0.39 is 5.60 Å². The van der Waals surface area contributed by atoms with Crippen molar-refractivity contribution in [3.8, 4) is 0 Å². The van der Waals surface area contributed by atoms with Crippen LogP contribution < -0.4 is 0 Å². The van der Waals surface area contributed by atoms with E-state index in [1.807, 2.05) is 30.3 Å². The summed E-state index contributed by atoms with van der Waals surface area (Å²) < 4.78 is 5.24. The highest BCUT2D eigenvalue weighted by atomic mass is 16.5. The van der Waals surface area contributed by atoms with Crippen LogP contribution >= 0.6 is 0 Å². The molecule has 1 aliphatic rings. The molecule has 1 aromatic heterocycles. The first-order valence-corrected chi connectivity index (χ1v) is 8.81. The molecule has 134 valence electrons. The van der Waals surface area contributed by atoms with Crippen molar-refractivity contribution >= 4 is 5.91 Å². The normalized spacial score (nSPS) is 18.1. The Balaban J connectivity index is 1.54. The molecule has 1 aromatic carbocycles. The zero-order chi connectivity index (χ0) is 17.9. The van der Waals surface area contributed by atoms with Gasteiger partial charge in [-0.15, -0.1) is 0 Å². The Hall–Kier alpha value is -2.21. The van der Waals surface area contributed by atoms with Crippen LogP contribution in [0.25, 0.3) is 0 Å². The third-order valence-corrected chi connectivity index (χ3v) is 4.88. The number of aryl methyl sites for hydroxylation is 2. The van der Waals surface area contributed by atoms with E-state index in [9.17, 15) is 9.90 Å². The van der Waals surface area contributed by atoms with Gasteiger partial charge in [-0.1, -0.05) is 35.5 Å². The van der Waals surface area contributed by atoms with E-state index in [1.165, 1.54) is 0 Å². The van der Waals surface area contributed by atoms with Crippen molar-refractivity contribution in [2.75, 3.05) is 13.1 Å². The van der Waals surface area contributed by atoms with E-state index >= 15 is 0 Å². The van der Waals surface area contributed by atoms with E-state index in [-0.39, 0.29) is 11.8 Å². The Labute approximate surface area is 147 Å². The minimum Gasteiger partial charge on any atom is -0.380 e. The number of likely N-dealkylation sites (tertiary alicyclic amines) is 1. The van der Waals surface area contributed by atoms with Gasteiger partial charge in [0.05, 0.1) is 0 Å².